The first kappa shape index (κ1) is 16.2. The highest BCUT2D eigenvalue weighted by molar-refractivity contribution is 4.90. The van der Waals surface area contributed by atoms with E-state index in [-0.39, 0.29) is 0 Å². The van der Waals surface area contributed by atoms with Crippen LogP contribution in [0.25, 0.3) is 0 Å². The second-order valence-corrected chi connectivity index (χ2v) is 5.87. The number of nitrogens with zero attached hydrogens (tertiary/aromatic N) is 3. The van der Waals surface area contributed by atoms with Crippen LogP contribution < -0.4 is 5.32 Å². The van der Waals surface area contributed by atoms with Crippen molar-refractivity contribution in [3.63, 3.8) is 0 Å². The van der Waals surface area contributed by atoms with E-state index < -0.39 is 0 Å². The molecule has 1 rings (SSSR count). The van der Waals surface area contributed by atoms with E-state index >= 15 is 0 Å². The maximum absolute atomic E-state index is 4.44. The molecule has 110 valence electrons. The van der Waals surface area contributed by atoms with Crippen molar-refractivity contribution in [2.75, 3.05) is 6.54 Å². The fraction of sp³-hybridized carbons (Fsp3) is 0.867. The van der Waals surface area contributed by atoms with E-state index in [0.29, 0.717) is 17.9 Å². The molecule has 1 aromatic rings. The van der Waals surface area contributed by atoms with E-state index in [1.54, 1.807) is 6.33 Å². The van der Waals surface area contributed by atoms with E-state index in [2.05, 4.69) is 54.7 Å². The standard InChI is InChI=1S/C15H30N4/c1-6-8-16-13(5)14(7-2)9-15-17-11-18-19(15)10-12(3)4/h11-14,16H,6-10H2,1-5H3. The van der Waals surface area contributed by atoms with Crippen LogP contribution in [0.4, 0.5) is 0 Å². The second kappa shape index (κ2) is 8.31. The van der Waals surface area contributed by atoms with Gasteiger partial charge >= 0.3 is 0 Å². The largest absolute Gasteiger partial charge is 0.314 e. The van der Waals surface area contributed by atoms with Gasteiger partial charge in [0.1, 0.15) is 12.2 Å². The van der Waals surface area contributed by atoms with E-state index in [0.717, 1.165) is 25.3 Å². The van der Waals surface area contributed by atoms with Gasteiger partial charge in [-0.3, -0.25) is 0 Å². The summed E-state index contributed by atoms with van der Waals surface area (Å²) in [7, 11) is 0. The number of nitrogens with one attached hydrogen (secondary N) is 1. The Morgan fingerprint density at radius 1 is 1.26 bits per heavy atom. The van der Waals surface area contributed by atoms with Crippen molar-refractivity contribution >= 4 is 0 Å². The van der Waals surface area contributed by atoms with Gasteiger partial charge in [-0.15, -0.1) is 0 Å². The molecule has 1 N–H and O–H groups in total. The molecular formula is C15H30N4. The molecular weight excluding hydrogens is 236 g/mol. The molecule has 1 aromatic heterocycles. The minimum Gasteiger partial charge on any atom is -0.314 e. The summed E-state index contributed by atoms with van der Waals surface area (Å²) < 4.78 is 2.07. The molecule has 2 unspecified atom stereocenters. The van der Waals surface area contributed by atoms with Crippen LogP contribution in [0.15, 0.2) is 6.33 Å². The SMILES string of the molecule is CCCNC(C)C(CC)Cc1ncnn1CC(C)C. The molecule has 0 radical (unpaired) electrons. The number of aromatic nitrogens is 3. The fourth-order valence-corrected chi connectivity index (χ4v) is 2.39. The van der Waals surface area contributed by atoms with Crippen molar-refractivity contribution in [2.45, 2.75) is 66.5 Å². The Hall–Kier alpha value is -0.900. The number of hydrogen-bond donors (Lipinski definition) is 1. The first-order valence-corrected chi connectivity index (χ1v) is 7.68. The third-order valence-corrected chi connectivity index (χ3v) is 3.63. The van der Waals surface area contributed by atoms with Gasteiger partial charge in [0, 0.05) is 19.0 Å². The molecule has 4 heteroatoms. The summed E-state index contributed by atoms with van der Waals surface area (Å²) >= 11 is 0. The van der Waals surface area contributed by atoms with Gasteiger partial charge in [0.2, 0.25) is 0 Å². The van der Waals surface area contributed by atoms with Crippen molar-refractivity contribution in [2.24, 2.45) is 11.8 Å². The lowest BCUT2D eigenvalue weighted by atomic mass is 9.94. The van der Waals surface area contributed by atoms with Gasteiger partial charge < -0.3 is 5.32 Å². The Kier molecular flexibility index (Phi) is 7.06. The van der Waals surface area contributed by atoms with Crippen LogP contribution in [-0.2, 0) is 13.0 Å². The second-order valence-electron chi connectivity index (χ2n) is 5.87. The lowest BCUT2D eigenvalue weighted by Gasteiger charge is -2.23. The number of rotatable bonds is 9. The zero-order valence-electron chi connectivity index (χ0n) is 13.2. The lowest BCUT2D eigenvalue weighted by molar-refractivity contribution is 0.346. The normalized spacial score (nSPS) is 14.8. The Labute approximate surface area is 118 Å². The molecule has 0 aliphatic carbocycles. The Bertz CT molecular complexity index is 346. The zero-order valence-corrected chi connectivity index (χ0v) is 13.2. The minimum atomic E-state index is 0.536. The topological polar surface area (TPSA) is 42.7 Å². The number of hydrogen-bond acceptors (Lipinski definition) is 3. The van der Waals surface area contributed by atoms with Crippen molar-refractivity contribution < 1.29 is 0 Å². The maximum Gasteiger partial charge on any atom is 0.138 e. The molecule has 0 spiro atoms. The van der Waals surface area contributed by atoms with Crippen molar-refractivity contribution in [1.29, 1.82) is 0 Å². The molecule has 0 aliphatic heterocycles. The van der Waals surface area contributed by atoms with Crippen LogP contribution in [0.2, 0.25) is 0 Å². The molecule has 0 fully saturated rings. The first-order chi connectivity index (χ1) is 9.08. The maximum atomic E-state index is 4.44. The minimum absolute atomic E-state index is 0.536. The van der Waals surface area contributed by atoms with Crippen LogP contribution in [0.5, 0.6) is 0 Å². The molecule has 0 amide bonds. The van der Waals surface area contributed by atoms with E-state index in [9.17, 15) is 0 Å². The zero-order chi connectivity index (χ0) is 14.3. The summed E-state index contributed by atoms with van der Waals surface area (Å²) in [6.45, 7) is 13.2. The highest BCUT2D eigenvalue weighted by Crippen LogP contribution is 2.15. The van der Waals surface area contributed by atoms with Crippen molar-refractivity contribution in [3.05, 3.63) is 12.2 Å². The predicted octanol–water partition coefficient (Wildman–Crippen LogP) is 2.89. The monoisotopic (exact) mass is 266 g/mol. The van der Waals surface area contributed by atoms with Crippen LogP contribution >= 0.6 is 0 Å². The van der Waals surface area contributed by atoms with Gasteiger partial charge in [0.05, 0.1) is 0 Å². The molecule has 1 heterocycles. The Balaban J connectivity index is 2.62. The predicted molar refractivity (Wildman–Crippen MR) is 80.1 cm³/mol. The van der Waals surface area contributed by atoms with Crippen LogP contribution in [-0.4, -0.2) is 27.4 Å². The Morgan fingerprint density at radius 3 is 2.58 bits per heavy atom. The fourth-order valence-electron chi connectivity index (χ4n) is 2.39. The van der Waals surface area contributed by atoms with Gasteiger partial charge in [-0.2, -0.15) is 5.10 Å². The average molecular weight is 266 g/mol. The molecule has 0 aromatic carbocycles. The van der Waals surface area contributed by atoms with Crippen LogP contribution in [0.3, 0.4) is 0 Å². The summed E-state index contributed by atoms with van der Waals surface area (Å²) in [6, 6.07) is 0.536. The van der Waals surface area contributed by atoms with Crippen molar-refractivity contribution in [1.82, 2.24) is 20.1 Å². The van der Waals surface area contributed by atoms with Gasteiger partial charge in [-0.25, -0.2) is 9.67 Å². The Morgan fingerprint density at radius 2 is 2.00 bits per heavy atom. The summed E-state index contributed by atoms with van der Waals surface area (Å²) in [6.07, 6.45) is 5.06. The summed E-state index contributed by atoms with van der Waals surface area (Å²) in [5, 5.41) is 7.95. The van der Waals surface area contributed by atoms with Crippen LogP contribution in [0, 0.1) is 11.8 Å². The van der Waals surface area contributed by atoms with Gasteiger partial charge in [-0.1, -0.05) is 34.1 Å². The molecule has 0 saturated heterocycles. The molecule has 4 nitrogen and oxygen atoms in total. The third-order valence-electron chi connectivity index (χ3n) is 3.63. The quantitative estimate of drug-likeness (QED) is 0.747. The lowest BCUT2D eigenvalue weighted by Crippen LogP contribution is -2.35. The summed E-state index contributed by atoms with van der Waals surface area (Å²) in [5.74, 6) is 2.36. The van der Waals surface area contributed by atoms with E-state index in [1.807, 2.05) is 0 Å². The molecule has 0 bridgehead atoms. The van der Waals surface area contributed by atoms with Gasteiger partial charge in [-0.05, 0) is 31.7 Å². The smallest absolute Gasteiger partial charge is 0.138 e. The van der Waals surface area contributed by atoms with Crippen LogP contribution in [0.1, 0.15) is 53.3 Å². The molecule has 19 heavy (non-hydrogen) atoms. The van der Waals surface area contributed by atoms with Crippen molar-refractivity contribution in [3.8, 4) is 0 Å². The third kappa shape index (κ3) is 5.31. The summed E-state index contributed by atoms with van der Waals surface area (Å²) in [4.78, 5) is 4.44. The molecule has 0 saturated carbocycles. The molecule has 0 aliphatic rings. The van der Waals surface area contributed by atoms with E-state index in [4.69, 9.17) is 0 Å². The summed E-state index contributed by atoms with van der Waals surface area (Å²) in [5.41, 5.74) is 0. The highest BCUT2D eigenvalue weighted by atomic mass is 15.3. The first-order valence-electron chi connectivity index (χ1n) is 7.68. The van der Waals surface area contributed by atoms with Gasteiger partial charge in [0.15, 0.2) is 0 Å². The average Bonchev–Trinajstić information content (AvgIpc) is 2.79. The van der Waals surface area contributed by atoms with E-state index in [1.165, 1.54) is 12.8 Å². The molecule has 2 atom stereocenters. The van der Waals surface area contributed by atoms with Gasteiger partial charge in [0.25, 0.3) is 0 Å². The highest BCUT2D eigenvalue weighted by Gasteiger charge is 2.18.